The summed E-state index contributed by atoms with van der Waals surface area (Å²) in [6, 6.07) is 13.5. The zero-order valence-electron chi connectivity index (χ0n) is 11.5. The van der Waals surface area contributed by atoms with Crippen molar-refractivity contribution in [3.05, 3.63) is 58.7 Å². The fourth-order valence-corrected chi connectivity index (χ4v) is 2.78. The van der Waals surface area contributed by atoms with Crippen molar-refractivity contribution in [1.82, 2.24) is 0 Å². The fourth-order valence-electron chi connectivity index (χ4n) is 2.78. The van der Waals surface area contributed by atoms with Gasteiger partial charge in [0.1, 0.15) is 0 Å². The molecule has 0 N–H and O–H groups in total. The van der Waals surface area contributed by atoms with Gasteiger partial charge in [-0.1, -0.05) is 36.4 Å². The quantitative estimate of drug-likeness (QED) is 0.467. The Morgan fingerprint density at radius 1 is 0.556 bits per heavy atom. The molecule has 0 atom stereocenters. The Bertz CT molecular complexity index is 764. The van der Waals surface area contributed by atoms with Crippen LogP contribution < -0.4 is 0 Å². The molecule has 0 unspecified atom stereocenters. The molecule has 0 bridgehead atoms. The van der Waals surface area contributed by atoms with E-state index in [2.05, 4.69) is 64.1 Å². The van der Waals surface area contributed by atoms with Gasteiger partial charge in [-0.3, -0.25) is 0 Å². The molecule has 0 heterocycles. The van der Waals surface area contributed by atoms with E-state index in [1.165, 1.54) is 43.8 Å². The van der Waals surface area contributed by atoms with E-state index in [9.17, 15) is 0 Å². The number of benzene rings is 3. The molecule has 3 aromatic rings. The Morgan fingerprint density at radius 3 is 1.89 bits per heavy atom. The Balaban J connectivity index is 2.61. The van der Waals surface area contributed by atoms with Gasteiger partial charge in [-0.2, -0.15) is 0 Å². The summed E-state index contributed by atoms with van der Waals surface area (Å²) in [6.45, 7) is 8.82. The molecular formula is C18H18. The number of aryl methyl sites for hydroxylation is 4. The monoisotopic (exact) mass is 234 g/mol. The molecule has 0 heteroatoms. The average Bonchev–Trinajstić information content (AvgIpc) is 2.37. The van der Waals surface area contributed by atoms with Crippen molar-refractivity contribution < 1.29 is 0 Å². The predicted octanol–water partition coefficient (Wildman–Crippen LogP) is 5.23. The van der Waals surface area contributed by atoms with Gasteiger partial charge in [0.15, 0.2) is 0 Å². The van der Waals surface area contributed by atoms with Gasteiger partial charge >= 0.3 is 0 Å². The second-order valence-corrected chi connectivity index (χ2v) is 5.27. The SMILES string of the molecule is Cc1ccc2c(ccc3ccc(C)c(C)c32)c1C. The van der Waals surface area contributed by atoms with Crippen LogP contribution in [0.3, 0.4) is 0 Å². The van der Waals surface area contributed by atoms with Crippen LogP contribution in [0.2, 0.25) is 0 Å². The van der Waals surface area contributed by atoms with Crippen LogP contribution in [-0.2, 0) is 0 Å². The molecule has 0 amide bonds. The largest absolute Gasteiger partial charge is 0.0584 e. The molecule has 0 aromatic heterocycles. The zero-order valence-corrected chi connectivity index (χ0v) is 11.5. The lowest BCUT2D eigenvalue weighted by Crippen LogP contribution is -1.89. The first-order valence-electron chi connectivity index (χ1n) is 6.48. The molecule has 0 aliphatic heterocycles. The van der Waals surface area contributed by atoms with Crippen LogP contribution in [0, 0.1) is 27.7 Å². The maximum absolute atomic E-state index is 2.27. The van der Waals surface area contributed by atoms with E-state index in [4.69, 9.17) is 0 Å². The number of rotatable bonds is 0. The van der Waals surface area contributed by atoms with Gasteiger partial charge in [-0.15, -0.1) is 0 Å². The first-order chi connectivity index (χ1) is 8.59. The van der Waals surface area contributed by atoms with E-state index in [1.54, 1.807) is 0 Å². The maximum atomic E-state index is 2.27. The lowest BCUT2D eigenvalue weighted by Gasteiger charge is -2.12. The third-order valence-electron chi connectivity index (χ3n) is 4.25. The van der Waals surface area contributed by atoms with Crippen molar-refractivity contribution in [2.75, 3.05) is 0 Å². The molecule has 0 nitrogen and oxygen atoms in total. The number of hydrogen-bond acceptors (Lipinski definition) is 0. The third-order valence-corrected chi connectivity index (χ3v) is 4.25. The van der Waals surface area contributed by atoms with Crippen LogP contribution in [0.1, 0.15) is 22.3 Å². The first-order valence-corrected chi connectivity index (χ1v) is 6.48. The van der Waals surface area contributed by atoms with Crippen LogP contribution in [0.15, 0.2) is 36.4 Å². The maximum Gasteiger partial charge on any atom is -0.00734 e. The summed E-state index contributed by atoms with van der Waals surface area (Å²) in [5, 5.41) is 5.53. The highest BCUT2D eigenvalue weighted by Crippen LogP contribution is 2.32. The van der Waals surface area contributed by atoms with Gasteiger partial charge in [0.05, 0.1) is 0 Å². The van der Waals surface area contributed by atoms with E-state index in [1.807, 2.05) is 0 Å². The van der Waals surface area contributed by atoms with Crippen molar-refractivity contribution in [2.45, 2.75) is 27.7 Å². The summed E-state index contributed by atoms with van der Waals surface area (Å²) < 4.78 is 0. The predicted molar refractivity (Wildman–Crippen MR) is 80.4 cm³/mol. The Kier molecular flexibility index (Phi) is 2.41. The van der Waals surface area contributed by atoms with Gasteiger partial charge in [0.2, 0.25) is 0 Å². The minimum Gasteiger partial charge on any atom is -0.0584 e. The molecule has 0 aliphatic carbocycles. The summed E-state index contributed by atoms with van der Waals surface area (Å²) in [4.78, 5) is 0. The summed E-state index contributed by atoms with van der Waals surface area (Å²) in [6.07, 6.45) is 0. The van der Waals surface area contributed by atoms with Crippen LogP contribution in [0.4, 0.5) is 0 Å². The van der Waals surface area contributed by atoms with E-state index in [-0.39, 0.29) is 0 Å². The lowest BCUT2D eigenvalue weighted by atomic mass is 9.92. The van der Waals surface area contributed by atoms with Crippen molar-refractivity contribution in [3.8, 4) is 0 Å². The molecule has 90 valence electrons. The minimum absolute atomic E-state index is 1.34. The van der Waals surface area contributed by atoms with Crippen molar-refractivity contribution >= 4 is 21.5 Å². The van der Waals surface area contributed by atoms with Crippen molar-refractivity contribution in [3.63, 3.8) is 0 Å². The summed E-state index contributed by atoms with van der Waals surface area (Å²) >= 11 is 0. The molecule has 0 spiro atoms. The van der Waals surface area contributed by atoms with E-state index >= 15 is 0 Å². The van der Waals surface area contributed by atoms with Gasteiger partial charge in [0, 0.05) is 0 Å². The third kappa shape index (κ3) is 1.45. The minimum atomic E-state index is 1.34. The topological polar surface area (TPSA) is 0 Å². The first kappa shape index (κ1) is 11.3. The van der Waals surface area contributed by atoms with Crippen LogP contribution in [0.25, 0.3) is 21.5 Å². The molecule has 0 saturated heterocycles. The summed E-state index contributed by atoms with van der Waals surface area (Å²) in [5.74, 6) is 0. The summed E-state index contributed by atoms with van der Waals surface area (Å²) in [7, 11) is 0. The Hall–Kier alpha value is -1.82. The Morgan fingerprint density at radius 2 is 1.11 bits per heavy atom. The number of hydrogen-bond donors (Lipinski definition) is 0. The fraction of sp³-hybridized carbons (Fsp3) is 0.222. The average molecular weight is 234 g/mol. The van der Waals surface area contributed by atoms with Crippen molar-refractivity contribution in [2.24, 2.45) is 0 Å². The standard InChI is InChI=1S/C18H18/c1-11-6-9-17-16(13(11)3)10-8-15-7-5-12(2)14(4)18(15)17/h5-10H,1-4H3. The molecule has 3 aromatic carbocycles. The van der Waals surface area contributed by atoms with Gasteiger partial charge in [-0.05, 0) is 71.5 Å². The Labute approximate surface area is 108 Å². The highest BCUT2D eigenvalue weighted by atomic mass is 14.1. The van der Waals surface area contributed by atoms with E-state index in [0.29, 0.717) is 0 Å². The smallest absolute Gasteiger partial charge is 0.00734 e. The molecule has 0 saturated carbocycles. The molecule has 18 heavy (non-hydrogen) atoms. The van der Waals surface area contributed by atoms with E-state index in [0.717, 1.165) is 0 Å². The highest BCUT2D eigenvalue weighted by Gasteiger charge is 2.07. The van der Waals surface area contributed by atoms with Gasteiger partial charge in [0.25, 0.3) is 0 Å². The van der Waals surface area contributed by atoms with Crippen molar-refractivity contribution in [1.29, 1.82) is 0 Å². The van der Waals surface area contributed by atoms with Crippen LogP contribution in [-0.4, -0.2) is 0 Å². The second kappa shape index (κ2) is 3.84. The normalized spacial score (nSPS) is 11.3. The molecule has 0 radical (unpaired) electrons. The molecule has 0 fully saturated rings. The zero-order chi connectivity index (χ0) is 12.9. The summed E-state index contributed by atoms with van der Waals surface area (Å²) in [5.41, 5.74) is 5.54. The van der Waals surface area contributed by atoms with Gasteiger partial charge in [-0.25, -0.2) is 0 Å². The van der Waals surface area contributed by atoms with E-state index < -0.39 is 0 Å². The highest BCUT2D eigenvalue weighted by molar-refractivity contribution is 6.10. The van der Waals surface area contributed by atoms with Crippen LogP contribution in [0.5, 0.6) is 0 Å². The van der Waals surface area contributed by atoms with Crippen LogP contribution >= 0.6 is 0 Å². The molecular weight excluding hydrogens is 216 g/mol. The molecule has 0 aliphatic rings. The second-order valence-electron chi connectivity index (χ2n) is 5.27. The number of fused-ring (bicyclic) bond motifs is 3. The lowest BCUT2D eigenvalue weighted by molar-refractivity contribution is 1.37. The molecule has 3 rings (SSSR count). The van der Waals surface area contributed by atoms with Gasteiger partial charge < -0.3 is 0 Å².